The van der Waals surface area contributed by atoms with E-state index in [0.717, 1.165) is 25.7 Å². The van der Waals surface area contributed by atoms with Gasteiger partial charge in [0.15, 0.2) is 0 Å². The Morgan fingerprint density at radius 3 is 1.60 bits per heavy atom. The SMILES string of the molecule is OCCCCCC(O)(CO)CCCCO. The predicted octanol–water partition coefficient (Wildman–Crippen LogP) is 0.425. The second-order valence-corrected chi connectivity index (χ2v) is 4.10. The van der Waals surface area contributed by atoms with Crippen molar-refractivity contribution in [2.45, 2.75) is 50.5 Å². The van der Waals surface area contributed by atoms with Crippen molar-refractivity contribution in [3.8, 4) is 0 Å². The van der Waals surface area contributed by atoms with Gasteiger partial charge in [-0.05, 0) is 32.1 Å². The lowest BCUT2D eigenvalue weighted by atomic mass is 9.91. The first-order valence-corrected chi connectivity index (χ1v) is 5.73. The molecule has 0 aromatic carbocycles. The fraction of sp³-hybridized carbons (Fsp3) is 1.00. The Morgan fingerprint density at radius 1 is 0.667 bits per heavy atom. The number of hydrogen-bond acceptors (Lipinski definition) is 4. The predicted molar refractivity (Wildman–Crippen MR) is 58.5 cm³/mol. The molecule has 92 valence electrons. The molecule has 1 atom stereocenters. The number of unbranched alkanes of at least 4 members (excludes halogenated alkanes) is 3. The highest BCUT2D eigenvalue weighted by atomic mass is 16.3. The van der Waals surface area contributed by atoms with Gasteiger partial charge >= 0.3 is 0 Å². The Bertz CT molecular complexity index is 141. The molecule has 0 saturated heterocycles. The molecule has 0 aromatic rings. The van der Waals surface area contributed by atoms with E-state index in [-0.39, 0.29) is 19.8 Å². The second kappa shape index (κ2) is 9.09. The van der Waals surface area contributed by atoms with Crippen LogP contribution in [0.5, 0.6) is 0 Å². The van der Waals surface area contributed by atoms with E-state index in [4.69, 9.17) is 15.3 Å². The third-order valence-corrected chi connectivity index (χ3v) is 2.64. The van der Waals surface area contributed by atoms with Crippen molar-refractivity contribution < 1.29 is 20.4 Å². The molecule has 0 aliphatic carbocycles. The summed E-state index contributed by atoms with van der Waals surface area (Å²) in [6.07, 6.45) is 4.93. The first-order valence-electron chi connectivity index (χ1n) is 5.73. The van der Waals surface area contributed by atoms with E-state index in [1.165, 1.54) is 0 Å². The van der Waals surface area contributed by atoms with Crippen LogP contribution in [0.25, 0.3) is 0 Å². The summed E-state index contributed by atoms with van der Waals surface area (Å²) in [6.45, 7) is 0.0889. The van der Waals surface area contributed by atoms with Crippen molar-refractivity contribution in [1.82, 2.24) is 0 Å². The summed E-state index contributed by atoms with van der Waals surface area (Å²) in [7, 11) is 0. The molecular weight excluding hydrogens is 196 g/mol. The van der Waals surface area contributed by atoms with Gasteiger partial charge in [0.05, 0.1) is 12.2 Å². The van der Waals surface area contributed by atoms with E-state index in [1.807, 2.05) is 0 Å². The zero-order chi connectivity index (χ0) is 11.6. The van der Waals surface area contributed by atoms with Gasteiger partial charge in [0.25, 0.3) is 0 Å². The minimum absolute atomic E-state index is 0.131. The standard InChI is InChI=1S/C11H24O4/c12-8-4-1-2-6-11(15,10-14)7-3-5-9-13/h12-15H,1-10H2. The molecule has 15 heavy (non-hydrogen) atoms. The molecule has 0 bridgehead atoms. The molecule has 0 fully saturated rings. The van der Waals surface area contributed by atoms with Gasteiger partial charge < -0.3 is 20.4 Å². The highest BCUT2D eigenvalue weighted by Crippen LogP contribution is 2.21. The molecular formula is C11H24O4. The fourth-order valence-corrected chi connectivity index (χ4v) is 1.59. The number of hydrogen-bond donors (Lipinski definition) is 4. The molecule has 0 rings (SSSR count). The summed E-state index contributed by atoms with van der Waals surface area (Å²) in [4.78, 5) is 0. The van der Waals surface area contributed by atoms with Gasteiger partial charge in [0, 0.05) is 13.2 Å². The highest BCUT2D eigenvalue weighted by molar-refractivity contribution is 4.77. The van der Waals surface area contributed by atoms with Gasteiger partial charge in [-0.2, -0.15) is 0 Å². The first kappa shape index (κ1) is 14.8. The van der Waals surface area contributed by atoms with Crippen molar-refractivity contribution in [2.24, 2.45) is 0 Å². The Kier molecular flexibility index (Phi) is 9.00. The average molecular weight is 220 g/mol. The van der Waals surface area contributed by atoms with Crippen LogP contribution in [0.4, 0.5) is 0 Å². The van der Waals surface area contributed by atoms with Crippen LogP contribution in [0, 0.1) is 0 Å². The Balaban J connectivity index is 3.65. The fourth-order valence-electron chi connectivity index (χ4n) is 1.59. The maximum Gasteiger partial charge on any atom is 0.0877 e. The van der Waals surface area contributed by atoms with Crippen LogP contribution in [-0.4, -0.2) is 45.8 Å². The number of aliphatic hydroxyl groups is 4. The summed E-state index contributed by atoms with van der Waals surface area (Å²) in [5.74, 6) is 0. The van der Waals surface area contributed by atoms with Gasteiger partial charge in [-0.3, -0.25) is 0 Å². The van der Waals surface area contributed by atoms with Gasteiger partial charge in [0.1, 0.15) is 0 Å². The quantitative estimate of drug-likeness (QED) is 0.402. The molecule has 0 aromatic heterocycles. The molecule has 1 unspecified atom stereocenters. The van der Waals surface area contributed by atoms with Crippen molar-refractivity contribution in [1.29, 1.82) is 0 Å². The van der Waals surface area contributed by atoms with E-state index in [9.17, 15) is 5.11 Å². The highest BCUT2D eigenvalue weighted by Gasteiger charge is 2.24. The number of aliphatic hydroxyl groups excluding tert-OH is 3. The third-order valence-electron chi connectivity index (χ3n) is 2.64. The average Bonchev–Trinajstić information content (AvgIpc) is 2.25. The topological polar surface area (TPSA) is 80.9 Å². The molecule has 4 heteroatoms. The molecule has 4 nitrogen and oxygen atoms in total. The maximum absolute atomic E-state index is 9.95. The smallest absolute Gasteiger partial charge is 0.0877 e. The molecule has 0 saturated carbocycles. The lowest BCUT2D eigenvalue weighted by Crippen LogP contribution is -2.33. The first-order chi connectivity index (χ1) is 7.18. The second-order valence-electron chi connectivity index (χ2n) is 4.10. The lowest BCUT2D eigenvalue weighted by Gasteiger charge is -2.25. The Labute approximate surface area is 91.6 Å². The summed E-state index contributed by atoms with van der Waals surface area (Å²) in [5, 5.41) is 36.2. The molecule has 0 radical (unpaired) electrons. The van der Waals surface area contributed by atoms with E-state index in [0.29, 0.717) is 19.3 Å². The van der Waals surface area contributed by atoms with E-state index >= 15 is 0 Å². The molecule has 0 spiro atoms. The zero-order valence-corrected chi connectivity index (χ0v) is 9.36. The van der Waals surface area contributed by atoms with Crippen LogP contribution in [0.1, 0.15) is 44.9 Å². The van der Waals surface area contributed by atoms with Crippen molar-refractivity contribution >= 4 is 0 Å². The monoisotopic (exact) mass is 220 g/mol. The molecule has 4 N–H and O–H groups in total. The molecule has 0 amide bonds. The Morgan fingerprint density at radius 2 is 1.13 bits per heavy atom. The summed E-state index contributed by atoms with van der Waals surface area (Å²) in [6, 6.07) is 0. The third kappa shape index (κ3) is 7.73. The minimum Gasteiger partial charge on any atom is -0.396 e. The van der Waals surface area contributed by atoms with E-state index < -0.39 is 5.60 Å². The lowest BCUT2D eigenvalue weighted by molar-refractivity contribution is -0.0320. The van der Waals surface area contributed by atoms with Crippen LogP contribution >= 0.6 is 0 Å². The summed E-state index contributed by atoms with van der Waals surface area (Å²) in [5.41, 5.74) is -0.995. The summed E-state index contributed by atoms with van der Waals surface area (Å²) >= 11 is 0. The van der Waals surface area contributed by atoms with Gasteiger partial charge in [0.2, 0.25) is 0 Å². The van der Waals surface area contributed by atoms with Crippen LogP contribution < -0.4 is 0 Å². The van der Waals surface area contributed by atoms with Gasteiger partial charge in [-0.25, -0.2) is 0 Å². The molecule has 0 aliphatic rings. The van der Waals surface area contributed by atoms with Gasteiger partial charge in [-0.1, -0.05) is 12.8 Å². The van der Waals surface area contributed by atoms with Gasteiger partial charge in [-0.15, -0.1) is 0 Å². The van der Waals surface area contributed by atoms with Crippen molar-refractivity contribution in [2.75, 3.05) is 19.8 Å². The maximum atomic E-state index is 9.95. The van der Waals surface area contributed by atoms with Crippen LogP contribution in [-0.2, 0) is 0 Å². The van der Waals surface area contributed by atoms with Crippen molar-refractivity contribution in [3.05, 3.63) is 0 Å². The zero-order valence-electron chi connectivity index (χ0n) is 9.36. The van der Waals surface area contributed by atoms with E-state index in [1.54, 1.807) is 0 Å². The van der Waals surface area contributed by atoms with E-state index in [2.05, 4.69) is 0 Å². The largest absolute Gasteiger partial charge is 0.396 e. The number of rotatable bonds is 10. The molecule has 0 heterocycles. The Hall–Kier alpha value is -0.160. The minimum atomic E-state index is -0.995. The van der Waals surface area contributed by atoms with Crippen LogP contribution in [0.3, 0.4) is 0 Å². The molecule has 0 aliphatic heterocycles. The normalized spacial score (nSPS) is 15.2. The van der Waals surface area contributed by atoms with Crippen molar-refractivity contribution in [3.63, 3.8) is 0 Å². The summed E-state index contributed by atoms with van der Waals surface area (Å²) < 4.78 is 0. The van der Waals surface area contributed by atoms with Crippen LogP contribution in [0.15, 0.2) is 0 Å². The van der Waals surface area contributed by atoms with Crippen LogP contribution in [0.2, 0.25) is 0 Å².